The number of hydrogen-bond donors (Lipinski definition) is 9. The molecule has 0 aliphatic carbocycles. The SMILES string of the molecule is O=S(=O)(O)OCCCCOCn1cc(CN(CC2=CN(CCOS(=O)(=O)O)NN2)Cc2cn(CCOS(=O)(=O)O)nn2)nn1.O=S(=O)(O)OCCN1C=C(CN(Cc2cn(CCOS(=O)(=O)O)nn2)Cc2cn(COCCCF)nn2)NN1. The van der Waals surface area contributed by atoms with Crippen molar-refractivity contribution >= 4 is 52.0 Å². The molecule has 0 saturated carbocycles. The molecule has 0 spiro atoms. The lowest BCUT2D eigenvalue weighted by Gasteiger charge is -2.20. The molecular weight excluding hydrogens is 1230 g/mol. The number of ether oxygens (including phenoxy) is 2. The van der Waals surface area contributed by atoms with Crippen molar-refractivity contribution in [1.29, 1.82) is 0 Å². The van der Waals surface area contributed by atoms with Crippen LogP contribution in [0.5, 0.6) is 0 Å². The van der Waals surface area contributed by atoms with E-state index in [0.29, 0.717) is 66.6 Å². The van der Waals surface area contributed by atoms with E-state index in [4.69, 9.17) is 32.2 Å². The fourth-order valence-corrected chi connectivity index (χ4v) is 8.28. The second-order valence-electron chi connectivity index (χ2n) is 17.0. The van der Waals surface area contributed by atoms with Crippen molar-refractivity contribution in [1.82, 2.24) is 102 Å². The number of rotatable bonds is 41. The molecule has 83 heavy (non-hydrogen) atoms. The largest absolute Gasteiger partial charge is 0.397 e. The van der Waals surface area contributed by atoms with Gasteiger partial charge in [0.15, 0.2) is 0 Å². The highest BCUT2D eigenvalue weighted by Crippen LogP contribution is 2.14. The summed E-state index contributed by atoms with van der Waals surface area (Å²) in [5.41, 5.74) is 15.1. The van der Waals surface area contributed by atoms with Gasteiger partial charge in [-0.2, -0.15) is 42.1 Å². The van der Waals surface area contributed by atoms with Crippen molar-refractivity contribution in [3.8, 4) is 0 Å². The summed E-state index contributed by atoms with van der Waals surface area (Å²) >= 11 is 0. The Balaban J connectivity index is 0.000000306. The normalized spacial score (nSPS) is 14.3. The lowest BCUT2D eigenvalue weighted by atomic mass is 10.3. The summed E-state index contributed by atoms with van der Waals surface area (Å²) in [5, 5.41) is 35.3. The predicted octanol–water partition coefficient (Wildman–Crippen LogP) is -4.74. The van der Waals surface area contributed by atoms with E-state index < -0.39 is 58.7 Å². The number of alkyl halides is 1. The van der Waals surface area contributed by atoms with Crippen LogP contribution in [0.2, 0.25) is 0 Å². The van der Waals surface area contributed by atoms with Gasteiger partial charge in [0, 0.05) is 70.7 Å². The van der Waals surface area contributed by atoms with E-state index in [1.54, 1.807) is 37.2 Å². The molecule has 6 heterocycles. The highest BCUT2D eigenvalue weighted by Gasteiger charge is 2.21. The number of hydrogen-bond acceptors (Lipinski definition) is 33. The maximum atomic E-state index is 12.2. The Morgan fingerprint density at radius 1 is 0.422 bits per heavy atom. The standard InChI is InChI=1S/C18H32N10O13S3.C17H29FN10O9S2/c29-42(30,31)39-6-2-1-5-38-15-28-14-18(21-24-28)11-25(9-16-12-26(22-19-16)3-7-40-43(32,33)34)10-17-13-27(23-20-17)4-8-41-44(35,36)37;18-2-1-5-35-14-28-13-17(21-24-28)10-25(8-15-11-26(22-19-15)3-6-36-38(29,30)31)9-16-12-27(23-20-16)4-7-37-39(32,33)34/h12-14,19,22H,1-11,15H2,(H,29,30,31)(H,32,33,34)(H,35,36,37);11-13,19,22H,1-10,14H2,(H,29,30,31)(H,32,33,34). The molecule has 0 aromatic carbocycles. The number of unbranched alkanes of at least 4 members (excludes halogenated alkanes) is 1. The minimum atomic E-state index is -4.59. The van der Waals surface area contributed by atoms with E-state index >= 15 is 0 Å². The maximum Gasteiger partial charge on any atom is 0.397 e. The molecule has 0 unspecified atom stereocenters. The Labute approximate surface area is 474 Å². The molecule has 470 valence electrons. The maximum absolute atomic E-state index is 12.2. The molecule has 9 N–H and O–H groups in total. The zero-order chi connectivity index (χ0) is 60.5. The van der Waals surface area contributed by atoms with Crippen LogP contribution < -0.4 is 21.9 Å². The minimum Gasteiger partial charge on any atom is -0.359 e. The van der Waals surface area contributed by atoms with Crippen molar-refractivity contribution in [2.75, 3.05) is 79.1 Å². The van der Waals surface area contributed by atoms with Crippen LogP contribution in [0, 0.1) is 0 Å². The third kappa shape index (κ3) is 30.6. The molecule has 2 aliphatic rings. The van der Waals surface area contributed by atoms with Crippen molar-refractivity contribution in [2.24, 2.45) is 0 Å². The summed E-state index contributed by atoms with van der Waals surface area (Å²) in [6.45, 7) is 0.762. The monoisotopic (exact) mass is 1290 g/mol. The number of aromatic nitrogens is 12. The minimum absolute atomic E-state index is 0.00585. The first-order chi connectivity index (χ1) is 39.1. The molecule has 42 nitrogen and oxygen atoms in total. The number of nitrogens with zero attached hydrogens (tertiary/aromatic N) is 16. The average molecular weight is 1290 g/mol. The van der Waals surface area contributed by atoms with Crippen LogP contribution in [0.4, 0.5) is 4.39 Å². The topological polar surface area (TPSA) is 520 Å². The molecule has 0 bridgehead atoms. The summed E-state index contributed by atoms with van der Waals surface area (Å²) < 4.78 is 200. The van der Waals surface area contributed by atoms with Gasteiger partial charge in [-0.1, -0.05) is 20.9 Å². The van der Waals surface area contributed by atoms with Gasteiger partial charge in [0.1, 0.15) is 13.5 Å². The first kappa shape index (κ1) is 68.1. The number of hydrazine groups is 4. The fraction of sp³-hybridized carbons (Fsp3) is 0.657. The molecule has 6 rings (SSSR count). The quantitative estimate of drug-likeness (QED) is 0.0149. The molecule has 4 aromatic heterocycles. The highest BCUT2D eigenvalue weighted by atomic mass is 32.3. The summed E-state index contributed by atoms with van der Waals surface area (Å²) in [6, 6.07) is 0. The van der Waals surface area contributed by atoms with Gasteiger partial charge in [-0.3, -0.25) is 47.0 Å². The third-order valence-corrected chi connectivity index (χ3v) is 12.4. The van der Waals surface area contributed by atoms with Crippen molar-refractivity contribution in [2.45, 2.75) is 72.0 Å². The fourth-order valence-electron chi connectivity index (χ4n) is 6.81. The van der Waals surface area contributed by atoms with Crippen molar-refractivity contribution in [3.05, 3.63) is 71.4 Å². The first-order valence-electron chi connectivity index (χ1n) is 23.9. The van der Waals surface area contributed by atoms with Crippen LogP contribution in [0.15, 0.2) is 48.6 Å². The van der Waals surface area contributed by atoms with E-state index in [-0.39, 0.29) is 112 Å². The van der Waals surface area contributed by atoms with Crippen molar-refractivity contribution < 1.29 is 99.6 Å². The first-order valence-corrected chi connectivity index (χ1v) is 30.7. The lowest BCUT2D eigenvalue weighted by molar-refractivity contribution is 0.0628. The van der Waals surface area contributed by atoms with E-state index in [1.807, 2.05) is 9.80 Å². The molecule has 0 amide bonds. The summed E-state index contributed by atoms with van der Waals surface area (Å²) in [5.74, 6) is 0. The highest BCUT2D eigenvalue weighted by molar-refractivity contribution is 7.81. The number of nitrogens with one attached hydrogen (secondary N) is 4. The van der Waals surface area contributed by atoms with E-state index in [0.717, 1.165) is 0 Å². The third-order valence-electron chi connectivity index (χ3n) is 10.0. The van der Waals surface area contributed by atoms with Gasteiger partial charge in [-0.05, 0) is 19.3 Å². The van der Waals surface area contributed by atoms with Crippen LogP contribution >= 0.6 is 0 Å². The molecule has 0 saturated heterocycles. The van der Waals surface area contributed by atoms with Gasteiger partial charge >= 0.3 is 52.0 Å². The Morgan fingerprint density at radius 2 is 0.735 bits per heavy atom. The second kappa shape index (κ2) is 33.1. The van der Waals surface area contributed by atoms with Gasteiger partial charge in [0.05, 0.1) is 119 Å². The van der Waals surface area contributed by atoms with Crippen LogP contribution in [0.25, 0.3) is 0 Å². The summed E-state index contributed by atoms with van der Waals surface area (Å²) in [4.78, 5) is 3.84. The molecule has 0 atom stereocenters. The Bertz CT molecular complexity index is 3260. The predicted molar refractivity (Wildman–Crippen MR) is 270 cm³/mol. The van der Waals surface area contributed by atoms with Crippen LogP contribution in [0.3, 0.4) is 0 Å². The molecular formula is C35H61FN20O22S5. The number of halogens is 1. The molecule has 0 radical (unpaired) electrons. The lowest BCUT2D eigenvalue weighted by Crippen LogP contribution is -2.39. The molecule has 0 fully saturated rings. The van der Waals surface area contributed by atoms with Crippen LogP contribution in [0.1, 0.15) is 42.0 Å². The smallest absolute Gasteiger partial charge is 0.359 e. The molecule has 4 aromatic rings. The van der Waals surface area contributed by atoms with Gasteiger partial charge < -0.3 is 20.3 Å². The average Bonchev–Trinajstić information content (AvgIpc) is 4.49. The van der Waals surface area contributed by atoms with Crippen LogP contribution in [-0.4, -0.2) is 224 Å². The van der Waals surface area contributed by atoms with Crippen molar-refractivity contribution in [3.63, 3.8) is 0 Å². The van der Waals surface area contributed by atoms with E-state index in [2.05, 4.69) is 84.1 Å². The molecule has 48 heteroatoms. The Morgan fingerprint density at radius 3 is 1.10 bits per heavy atom. The van der Waals surface area contributed by atoms with Gasteiger partial charge in [-0.15, -0.1) is 31.5 Å². The zero-order valence-electron chi connectivity index (χ0n) is 43.5. The van der Waals surface area contributed by atoms with Gasteiger partial charge in [-0.25, -0.2) is 39.6 Å². The second-order valence-corrected chi connectivity index (χ2v) is 22.4. The summed E-state index contributed by atoms with van der Waals surface area (Å²) in [7, 11) is -22.7. The summed E-state index contributed by atoms with van der Waals surface area (Å²) in [6.07, 6.45) is 10.9. The molecule has 2 aliphatic heterocycles. The van der Waals surface area contributed by atoms with Gasteiger partial charge in [0.2, 0.25) is 0 Å². The van der Waals surface area contributed by atoms with Gasteiger partial charge in [0.25, 0.3) is 0 Å². The Kier molecular flexibility index (Phi) is 27.1. The van der Waals surface area contributed by atoms with E-state index in [9.17, 15) is 46.5 Å². The Hall–Kier alpha value is -5.72. The van der Waals surface area contributed by atoms with Crippen LogP contribution in [-0.2, 0) is 135 Å². The zero-order valence-corrected chi connectivity index (χ0v) is 47.6. The van der Waals surface area contributed by atoms with E-state index in [1.165, 1.54) is 28.7 Å².